The maximum atomic E-state index is 15.0. The fourth-order valence-corrected chi connectivity index (χ4v) is 3.91. The lowest BCUT2D eigenvalue weighted by atomic mass is 10.0. The van der Waals surface area contributed by atoms with E-state index >= 15 is 0 Å². The van der Waals surface area contributed by atoms with Gasteiger partial charge in [-0.25, -0.2) is 14.4 Å². The molecule has 7 nitrogen and oxygen atoms in total. The van der Waals surface area contributed by atoms with Crippen molar-refractivity contribution in [1.82, 2.24) is 19.9 Å². The van der Waals surface area contributed by atoms with E-state index in [0.29, 0.717) is 45.7 Å². The Hall–Kier alpha value is -3.78. The summed E-state index contributed by atoms with van der Waals surface area (Å²) in [5.74, 6) is 1.65. The highest BCUT2D eigenvalue weighted by atomic mass is 35.5. The molecule has 9 heteroatoms. The van der Waals surface area contributed by atoms with Gasteiger partial charge in [0, 0.05) is 36.3 Å². The van der Waals surface area contributed by atoms with Crippen LogP contribution >= 0.6 is 11.6 Å². The van der Waals surface area contributed by atoms with E-state index in [1.54, 1.807) is 25.6 Å². The van der Waals surface area contributed by atoms with Crippen molar-refractivity contribution in [1.29, 1.82) is 0 Å². The Kier molecular flexibility index (Phi) is 5.51. The van der Waals surface area contributed by atoms with Crippen LogP contribution in [-0.4, -0.2) is 34.2 Å². The minimum absolute atomic E-state index is 0.124. The molecular formula is C24H20ClFN4O3. The van der Waals surface area contributed by atoms with Gasteiger partial charge in [0.1, 0.15) is 29.6 Å². The SMILES string of the molecule is COc1ccc2[nH]c(COc3cc(F)c(Cc4c[nH]c5ncc(Cl)cc45)cc3OC)nc2c1. The highest BCUT2D eigenvalue weighted by Crippen LogP contribution is 2.33. The third kappa shape index (κ3) is 4.17. The predicted octanol–water partition coefficient (Wildman–Crippen LogP) is 5.42. The molecule has 0 saturated carbocycles. The van der Waals surface area contributed by atoms with Crippen LogP contribution in [0.1, 0.15) is 17.0 Å². The number of aromatic amines is 2. The van der Waals surface area contributed by atoms with Gasteiger partial charge in [0.25, 0.3) is 0 Å². The van der Waals surface area contributed by atoms with Gasteiger partial charge in [-0.3, -0.25) is 0 Å². The van der Waals surface area contributed by atoms with Gasteiger partial charge in [0.2, 0.25) is 0 Å². The molecular weight excluding hydrogens is 447 g/mol. The molecule has 3 aromatic heterocycles. The van der Waals surface area contributed by atoms with Crippen molar-refractivity contribution in [3.05, 3.63) is 76.6 Å². The number of ether oxygens (including phenoxy) is 3. The minimum Gasteiger partial charge on any atom is -0.497 e. The Balaban J connectivity index is 1.38. The summed E-state index contributed by atoms with van der Waals surface area (Å²) in [7, 11) is 3.12. The van der Waals surface area contributed by atoms with Crippen molar-refractivity contribution in [2.24, 2.45) is 0 Å². The largest absolute Gasteiger partial charge is 0.497 e. The van der Waals surface area contributed by atoms with Crippen molar-refractivity contribution in [3.8, 4) is 17.2 Å². The molecule has 0 saturated heterocycles. The lowest BCUT2D eigenvalue weighted by Crippen LogP contribution is -2.02. The van der Waals surface area contributed by atoms with Gasteiger partial charge in [0.05, 0.1) is 30.3 Å². The molecule has 5 rings (SSSR count). The van der Waals surface area contributed by atoms with E-state index in [9.17, 15) is 4.39 Å². The highest BCUT2D eigenvalue weighted by Gasteiger charge is 2.15. The Bertz CT molecular complexity index is 1460. The highest BCUT2D eigenvalue weighted by molar-refractivity contribution is 6.31. The Morgan fingerprint density at radius 1 is 1.03 bits per heavy atom. The average molecular weight is 467 g/mol. The average Bonchev–Trinajstić information content (AvgIpc) is 3.41. The first kappa shape index (κ1) is 21.1. The third-order valence-electron chi connectivity index (χ3n) is 5.40. The monoisotopic (exact) mass is 466 g/mol. The summed E-state index contributed by atoms with van der Waals surface area (Å²) in [4.78, 5) is 15.0. The van der Waals surface area contributed by atoms with Crippen LogP contribution in [-0.2, 0) is 13.0 Å². The minimum atomic E-state index is -0.399. The number of methoxy groups -OCH3 is 2. The van der Waals surface area contributed by atoms with E-state index in [0.717, 1.165) is 22.0 Å². The second kappa shape index (κ2) is 8.63. The molecule has 0 spiro atoms. The maximum absolute atomic E-state index is 15.0. The maximum Gasteiger partial charge on any atom is 0.164 e. The number of benzene rings is 2. The number of hydrogen-bond donors (Lipinski definition) is 2. The summed E-state index contributed by atoms with van der Waals surface area (Å²) in [5, 5.41) is 1.37. The van der Waals surface area contributed by atoms with Gasteiger partial charge >= 0.3 is 0 Å². The summed E-state index contributed by atoms with van der Waals surface area (Å²) in [6.07, 6.45) is 3.72. The van der Waals surface area contributed by atoms with Gasteiger partial charge in [-0.05, 0) is 35.4 Å². The van der Waals surface area contributed by atoms with Gasteiger partial charge in [-0.15, -0.1) is 0 Å². The zero-order valence-corrected chi connectivity index (χ0v) is 18.7. The van der Waals surface area contributed by atoms with Gasteiger partial charge in [-0.1, -0.05) is 11.6 Å². The molecule has 0 aliphatic heterocycles. The van der Waals surface area contributed by atoms with Crippen LogP contribution in [0.4, 0.5) is 4.39 Å². The molecule has 0 atom stereocenters. The fourth-order valence-electron chi connectivity index (χ4n) is 3.75. The number of H-pyrrole nitrogens is 2. The topological polar surface area (TPSA) is 85.0 Å². The molecule has 3 heterocycles. The van der Waals surface area contributed by atoms with Crippen LogP contribution in [0, 0.1) is 5.82 Å². The van der Waals surface area contributed by atoms with E-state index < -0.39 is 5.82 Å². The number of pyridine rings is 1. The smallest absolute Gasteiger partial charge is 0.164 e. The third-order valence-corrected chi connectivity index (χ3v) is 5.61. The molecule has 0 radical (unpaired) electrons. The zero-order valence-electron chi connectivity index (χ0n) is 17.9. The molecule has 168 valence electrons. The molecule has 0 aliphatic rings. The van der Waals surface area contributed by atoms with Crippen molar-refractivity contribution in [3.63, 3.8) is 0 Å². The zero-order chi connectivity index (χ0) is 22.9. The standard InChI is InChI=1S/C24H20ClFN4O3/c1-31-16-3-4-19-20(8-16)30-23(29-19)12-33-22-9-18(26)13(6-21(22)32-2)5-14-10-27-24-17(14)7-15(25)11-28-24/h3-4,6-11H,5,12H2,1-2H3,(H,27,28)(H,29,30). The molecule has 0 fully saturated rings. The Morgan fingerprint density at radius 2 is 1.91 bits per heavy atom. The van der Waals surface area contributed by atoms with E-state index in [-0.39, 0.29) is 6.61 Å². The number of aromatic nitrogens is 4. The fraction of sp³-hybridized carbons (Fsp3) is 0.167. The number of nitrogens with zero attached hydrogens (tertiary/aromatic N) is 2. The van der Waals surface area contributed by atoms with Gasteiger partial charge in [0.15, 0.2) is 11.5 Å². The van der Waals surface area contributed by atoms with Crippen LogP contribution in [0.25, 0.3) is 22.1 Å². The predicted molar refractivity (Wildman–Crippen MR) is 124 cm³/mol. The molecule has 33 heavy (non-hydrogen) atoms. The number of hydrogen-bond acceptors (Lipinski definition) is 5. The van der Waals surface area contributed by atoms with Gasteiger partial charge in [-0.2, -0.15) is 0 Å². The summed E-state index contributed by atoms with van der Waals surface area (Å²) in [5.41, 5.74) is 3.67. The summed E-state index contributed by atoms with van der Waals surface area (Å²) in [6.45, 7) is 0.124. The van der Waals surface area contributed by atoms with Crippen molar-refractivity contribution < 1.29 is 18.6 Å². The lowest BCUT2D eigenvalue weighted by Gasteiger charge is -2.12. The second-order valence-electron chi connectivity index (χ2n) is 7.49. The normalized spacial score (nSPS) is 11.3. The summed E-state index contributed by atoms with van der Waals surface area (Å²) >= 11 is 6.08. The first-order valence-corrected chi connectivity index (χ1v) is 10.5. The van der Waals surface area contributed by atoms with Crippen LogP contribution in [0.5, 0.6) is 17.2 Å². The summed E-state index contributed by atoms with van der Waals surface area (Å²) < 4.78 is 31.5. The molecule has 0 unspecified atom stereocenters. The molecule has 0 amide bonds. The first-order chi connectivity index (χ1) is 16.0. The van der Waals surface area contributed by atoms with E-state index in [4.69, 9.17) is 25.8 Å². The van der Waals surface area contributed by atoms with Crippen LogP contribution in [0.2, 0.25) is 5.02 Å². The molecule has 5 aromatic rings. The Morgan fingerprint density at radius 3 is 2.73 bits per heavy atom. The number of rotatable bonds is 7. The van der Waals surface area contributed by atoms with Gasteiger partial charge < -0.3 is 24.2 Å². The lowest BCUT2D eigenvalue weighted by molar-refractivity contribution is 0.275. The van der Waals surface area contributed by atoms with Crippen molar-refractivity contribution >= 4 is 33.7 Å². The molecule has 2 N–H and O–H groups in total. The summed E-state index contributed by atoms with van der Waals surface area (Å²) in [6, 6.07) is 10.3. The van der Waals surface area contributed by atoms with Crippen molar-refractivity contribution in [2.45, 2.75) is 13.0 Å². The van der Waals surface area contributed by atoms with E-state index in [1.807, 2.05) is 24.3 Å². The Labute approximate surface area is 193 Å². The quantitative estimate of drug-likeness (QED) is 0.334. The van der Waals surface area contributed by atoms with Crippen molar-refractivity contribution in [2.75, 3.05) is 14.2 Å². The molecule has 0 aliphatic carbocycles. The number of fused-ring (bicyclic) bond motifs is 2. The van der Waals surface area contributed by atoms with Crippen LogP contribution in [0.15, 0.2) is 48.8 Å². The van der Waals surface area contributed by atoms with E-state index in [2.05, 4.69) is 19.9 Å². The van der Waals surface area contributed by atoms with E-state index in [1.165, 1.54) is 13.2 Å². The van der Waals surface area contributed by atoms with Crippen LogP contribution in [0.3, 0.4) is 0 Å². The number of imidazole rings is 1. The second-order valence-corrected chi connectivity index (χ2v) is 7.93. The number of halogens is 2. The van der Waals surface area contributed by atoms with Crippen LogP contribution < -0.4 is 14.2 Å². The number of nitrogens with one attached hydrogen (secondary N) is 2. The first-order valence-electron chi connectivity index (χ1n) is 10.2. The molecule has 0 bridgehead atoms. The molecule has 2 aromatic carbocycles.